The van der Waals surface area contributed by atoms with Crippen molar-refractivity contribution >= 4 is 51.1 Å². The second-order valence-corrected chi connectivity index (χ2v) is 8.62. The number of imide groups is 1. The minimum Gasteiger partial charge on any atom is -0.449 e. The Morgan fingerprint density at radius 3 is 2.38 bits per heavy atom. The summed E-state index contributed by atoms with van der Waals surface area (Å²) in [6.07, 6.45) is -1.34. The van der Waals surface area contributed by atoms with Crippen molar-refractivity contribution in [2.75, 3.05) is 33.4 Å². The molecular formula is C16H19Cl2N3O7S. The molecule has 1 aromatic rings. The molecule has 1 aliphatic rings. The zero-order chi connectivity index (χ0) is 21.8. The molecule has 0 radical (unpaired) electrons. The van der Waals surface area contributed by atoms with Gasteiger partial charge in [-0.2, -0.15) is 4.31 Å². The first-order chi connectivity index (χ1) is 13.6. The van der Waals surface area contributed by atoms with E-state index in [9.17, 15) is 22.8 Å². The Morgan fingerprint density at radius 1 is 1.17 bits per heavy atom. The number of nitrogens with zero attached hydrogens (tertiary/aromatic N) is 1. The molecule has 1 fully saturated rings. The third-order valence-corrected chi connectivity index (χ3v) is 6.62. The van der Waals surface area contributed by atoms with Crippen molar-refractivity contribution in [1.29, 1.82) is 0 Å². The average molecular weight is 468 g/mol. The molecule has 0 aliphatic carbocycles. The quantitative estimate of drug-likeness (QED) is 0.617. The molecule has 2 N–H and O–H groups in total. The summed E-state index contributed by atoms with van der Waals surface area (Å²) in [4.78, 5) is 35.1. The number of halogens is 2. The van der Waals surface area contributed by atoms with Crippen LogP contribution in [0, 0.1) is 0 Å². The fourth-order valence-corrected chi connectivity index (χ4v) is 4.60. The molecule has 1 heterocycles. The fourth-order valence-electron chi connectivity index (χ4n) is 2.36. The maximum absolute atomic E-state index is 12.9. The van der Waals surface area contributed by atoms with Crippen LogP contribution >= 0.6 is 23.2 Å². The molecule has 160 valence electrons. The molecule has 0 bridgehead atoms. The van der Waals surface area contributed by atoms with Crippen LogP contribution in [0.3, 0.4) is 0 Å². The summed E-state index contributed by atoms with van der Waals surface area (Å²) in [5, 5.41) is 3.82. The van der Waals surface area contributed by atoms with Gasteiger partial charge < -0.3 is 14.8 Å². The summed E-state index contributed by atoms with van der Waals surface area (Å²) in [6.45, 7) is 1.98. The Labute approximate surface area is 177 Å². The van der Waals surface area contributed by atoms with Gasteiger partial charge in [-0.05, 0) is 19.1 Å². The largest absolute Gasteiger partial charge is 0.449 e. The zero-order valence-electron chi connectivity index (χ0n) is 15.5. The van der Waals surface area contributed by atoms with Crippen molar-refractivity contribution in [1.82, 2.24) is 14.9 Å². The maximum atomic E-state index is 12.9. The molecular weight excluding hydrogens is 449 g/mol. The molecule has 29 heavy (non-hydrogen) atoms. The minimum absolute atomic E-state index is 0.137. The van der Waals surface area contributed by atoms with Crippen LogP contribution in [-0.4, -0.2) is 70.1 Å². The van der Waals surface area contributed by atoms with E-state index in [-0.39, 0.29) is 46.8 Å². The lowest BCUT2D eigenvalue weighted by atomic mass is 10.2. The summed E-state index contributed by atoms with van der Waals surface area (Å²) < 4.78 is 37.0. The Kier molecular flexibility index (Phi) is 7.83. The number of amides is 3. The predicted octanol–water partition coefficient (Wildman–Crippen LogP) is 1.02. The van der Waals surface area contributed by atoms with Crippen molar-refractivity contribution in [2.45, 2.75) is 17.9 Å². The maximum Gasteiger partial charge on any atom is 0.340 e. The number of rotatable bonds is 5. The van der Waals surface area contributed by atoms with Gasteiger partial charge in [-0.25, -0.2) is 18.0 Å². The highest BCUT2D eigenvalue weighted by Crippen LogP contribution is 2.31. The number of hydrogen-bond acceptors (Lipinski definition) is 7. The SMILES string of the molecule is CNC(=O)NC(=O)C(C)OC(=O)c1cc(S(=O)(=O)N2CCOCC2)c(Cl)cc1Cl. The second kappa shape index (κ2) is 9.72. The van der Waals surface area contributed by atoms with Crippen LogP contribution in [0.2, 0.25) is 10.0 Å². The number of urea groups is 1. The van der Waals surface area contributed by atoms with E-state index < -0.39 is 34.0 Å². The van der Waals surface area contributed by atoms with Gasteiger partial charge in [-0.3, -0.25) is 10.1 Å². The molecule has 0 aromatic heterocycles. The Bertz CT molecular complexity index is 917. The van der Waals surface area contributed by atoms with Crippen LogP contribution in [0.5, 0.6) is 0 Å². The summed E-state index contributed by atoms with van der Waals surface area (Å²) in [5.41, 5.74) is -0.289. The topological polar surface area (TPSA) is 131 Å². The van der Waals surface area contributed by atoms with Crippen molar-refractivity contribution in [2.24, 2.45) is 0 Å². The fraction of sp³-hybridized carbons (Fsp3) is 0.438. The van der Waals surface area contributed by atoms with E-state index in [1.807, 2.05) is 5.32 Å². The summed E-state index contributed by atoms with van der Waals surface area (Å²) in [6, 6.07) is 1.34. The van der Waals surface area contributed by atoms with Gasteiger partial charge in [0.15, 0.2) is 6.10 Å². The summed E-state index contributed by atoms with van der Waals surface area (Å²) in [5.74, 6) is -1.92. The molecule has 1 atom stereocenters. The molecule has 2 rings (SSSR count). The number of carbonyl (C=O) groups excluding carboxylic acids is 3. The van der Waals surface area contributed by atoms with E-state index in [1.165, 1.54) is 18.3 Å². The van der Waals surface area contributed by atoms with Gasteiger partial charge in [-0.1, -0.05) is 23.2 Å². The van der Waals surface area contributed by atoms with Gasteiger partial charge in [0.25, 0.3) is 5.91 Å². The smallest absolute Gasteiger partial charge is 0.340 e. The van der Waals surface area contributed by atoms with Crippen LogP contribution < -0.4 is 10.6 Å². The number of esters is 1. The van der Waals surface area contributed by atoms with E-state index in [1.54, 1.807) is 0 Å². The molecule has 3 amide bonds. The van der Waals surface area contributed by atoms with Gasteiger partial charge in [0.05, 0.1) is 28.8 Å². The van der Waals surface area contributed by atoms with Crippen LogP contribution in [0.15, 0.2) is 17.0 Å². The number of ether oxygens (including phenoxy) is 2. The van der Waals surface area contributed by atoms with Crippen molar-refractivity contribution < 1.29 is 32.3 Å². The van der Waals surface area contributed by atoms with Gasteiger partial charge >= 0.3 is 12.0 Å². The van der Waals surface area contributed by atoms with Gasteiger partial charge in [0.1, 0.15) is 4.90 Å². The van der Waals surface area contributed by atoms with Crippen LogP contribution in [-0.2, 0) is 24.3 Å². The van der Waals surface area contributed by atoms with Crippen molar-refractivity contribution in [3.05, 3.63) is 27.7 Å². The molecule has 1 aliphatic heterocycles. The van der Waals surface area contributed by atoms with E-state index in [0.29, 0.717) is 0 Å². The summed E-state index contributed by atoms with van der Waals surface area (Å²) >= 11 is 12.1. The molecule has 13 heteroatoms. The monoisotopic (exact) mass is 467 g/mol. The Hall–Kier alpha value is -1.92. The van der Waals surface area contributed by atoms with Gasteiger partial charge in [0.2, 0.25) is 10.0 Å². The Morgan fingerprint density at radius 2 is 1.79 bits per heavy atom. The number of benzene rings is 1. The van der Waals surface area contributed by atoms with Crippen molar-refractivity contribution in [3.63, 3.8) is 0 Å². The first kappa shape index (κ1) is 23.4. The van der Waals surface area contributed by atoms with Crippen LogP contribution in [0.4, 0.5) is 4.79 Å². The lowest BCUT2D eigenvalue weighted by Crippen LogP contribution is -2.43. The number of morpholine rings is 1. The highest BCUT2D eigenvalue weighted by atomic mass is 35.5. The lowest BCUT2D eigenvalue weighted by Gasteiger charge is -2.26. The molecule has 0 saturated carbocycles. The normalized spacial score (nSPS) is 16.0. The highest BCUT2D eigenvalue weighted by Gasteiger charge is 2.31. The molecule has 1 unspecified atom stereocenters. The molecule has 1 saturated heterocycles. The molecule has 10 nitrogen and oxygen atoms in total. The third kappa shape index (κ3) is 5.58. The molecule has 1 aromatic carbocycles. The Balaban J connectivity index is 2.27. The van der Waals surface area contributed by atoms with Crippen LogP contribution in [0.1, 0.15) is 17.3 Å². The first-order valence-corrected chi connectivity index (χ1v) is 10.6. The zero-order valence-corrected chi connectivity index (χ0v) is 17.9. The number of hydrogen-bond donors (Lipinski definition) is 2. The van der Waals surface area contributed by atoms with E-state index in [2.05, 4.69) is 5.32 Å². The van der Waals surface area contributed by atoms with Crippen LogP contribution in [0.25, 0.3) is 0 Å². The third-order valence-electron chi connectivity index (χ3n) is 3.95. The predicted molar refractivity (Wildman–Crippen MR) is 104 cm³/mol. The van der Waals surface area contributed by atoms with E-state index in [0.717, 1.165) is 12.1 Å². The number of carbonyl (C=O) groups is 3. The van der Waals surface area contributed by atoms with E-state index in [4.69, 9.17) is 32.7 Å². The minimum atomic E-state index is -4.01. The molecule has 0 spiro atoms. The number of sulfonamides is 1. The number of nitrogens with one attached hydrogen (secondary N) is 2. The van der Waals surface area contributed by atoms with Gasteiger partial charge in [0, 0.05) is 20.1 Å². The average Bonchev–Trinajstić information content (AvgIpc) is 2.68. The summed E-state index contributed by atoms with van der Waals surface area (Å²) in [7, 11) is -2.70. The standard InChI is InChI=1S/C16H19Cl2N3O7S/c1-9(14(22)20-16(24)19-2)28-15(23)10-7-13(12(18)8-11(10)17)29(25,26)21-3-5-27-6-4-21/h7-9H,3-6H2,1-2H3,(H2,19,20,22,24). The highest BCUT2D eigenvalue weighted by molar-refractivity contribution is 7.89. The first-order valence-electron chi connectivity index (χ1n) is 8.38. The van der Waals surface area contributed by atoms with Crippen molar-refractivity contribution in [3.8, 4) is 0 Å². The van der Waals surface area contributed by atoms with Gasteiger partial charge in [-0.15, -0.1) is 0 Å². The lowest BCUT2D eigenvalue weighted by molar-refractivity contribution is -0.127. The second-order valence-electron chi connectivity index (χ2n) is 5.89. The van der Waals surface area contributed by atoms with E-state index >= 15 is 0 Å².